The first kappa shape index (κ1) is 26.0. The molecule has 0 aromatic heterocycles. The SMILES string of the molecule is Cc1ccc(Oc2ccc(-c3ccc(Oc4ccc(-c5ccc(Oc6ccc(C)cc6)cc5)cc4)cc3)cc2)cc1. The molecule has 0 N–H and O–H groups in total. The zero-order chi connectivity index (χ0) is 28.0. The lowest BCUT2D eigenvalue weighted by atomic mass is 10.1. The second-order valence-electron chi connectivity index (χ2n) is 10.0. The maximum absolute atomic E-state index is 6.11. The summed E-state index contributed by atoms with van der Waals surface area (Å²) in [5.41, 5.74) is 6.89. The Morgan fingerprint density at radius 1 is 0.244 bits per heavy atom. The van der Waals surface area contributed by atoms with Gasteiger partial charge in [-0.05, 0) is 109 Å². The maximum Gasteiger partial charge on any atom is 0.127 e. The Morgan fingerprint density at radius 2 is 0.415 bits per heavy atom. The van der Waals surface area contributed by atoms with Crippen molar-refractivity contribution in [3.63, 3.8) is 0 Å². The molecule has 6 aromatic carbocycles. The highest BCUT2D eigenvalue weighted by Crippen LogP contribution is 2.31. The van der Waals surface area contributed by atoms with Gasteiger partial charge in [-0.25, -0.2) is 0 Å². The Bertz CT molecular complexity index is 1570. The van der Waals surface area contributed by atoms with Crippen LogP contribution < -0.4 is 14.2 Å². The van der Waals surface area contributed by atoms with Gasteiger partial charge in [0.05, 0.1) is 0 Å². The number of ether oxygens (including phenoxy) is 3. The third-order valence-electron chi connectivity index (χ3n) is 6.83. The van der Waals surface area contributed by atoms with Crippen LogP contribution in [0.4, 0.5) is 0 Å². The van der Waals surface area contributed by atoms with E-state index in [0.717, 1.165) is 56.8 Å². The van der Waals surface area contributed by atoms with Crippen molar-refractivity contribution in [1.82, 2.24) is 0 Å². The van der Waals surface area contributed by atoms with Gasteiger partial charge in [0.1, 0.15) is 34.5 Å². The van der Waals surface area contributed by atoms with Crippen molar-refractivity contribution < 1.29 is 14.2 Å². The molecule has 0 heterocycles. The molecular formula is C38H30O3. The van der Waals surface area contributed by atoms with E-state index in [-0.39, 0.29) is 0 Å². The summed E-state index contributed by atoms with van der Waals surface area (Å²) in [5.74, 6) is 4.87. The summed E-state index contributed by atoms with van der Waals surface area (Å²) >= 11 is 0. The standard InChI is InChI=1S/C38H30O3/c1-27-3-15-33(16-4-27)39-35-19-7-29(8-20-35)31-11-23-37(24-12-31)41-38-25-13-32(14-26-38)30-9-21-36(22-10-30)40-34-17-5-28(2)6-18-34/h3-26H,1-2H3. The molecule has 0 saturated carbocycles. The zero-order valence-electron chi connectivity index (χ0n) is 23.1. The van der Waals surface area contributed by atoms with Crippen molar-refractivity contribution in [2.24, 2.45) is 0 Å². The molecule has 3 heteroatoms. The van der Waals surface area contributed by atoms with E-state index in [1.54, 1.807) is 0 Å². The van der Waals surface area contributed by atoms with Crippen molar-refractivity contribution in [2.45, 2.75) is 13.8 Å². The highest BCUT2D eigenvalue weighted by molar-refractivity contribution is 5.66. The minimum absolute atomic E-state index is 0.790. The normalized spacial score (nSPS) is 10.7. The molecule has 0 saturated heterocycles. The number of benzene rings is 6. The van der Waals surface area contributed by atoms with E-state index in [1.165, 1.54) is 11.1 Å². The van der Waals surface area contributed by atoms with Crippen molar-refractivity contribution in [1.29, 1.82) is 0 Å². The van der Waals surface area contributed by atoms with Gasteiger partial charge >= 0.3 is 0 Å². The summed E-state index contributed by atoms with van der Waals surface area (Å²) in [4.78, 5) is 0. The van der Waals surface area contributed by atoms with Crippen LogP contribution in [-0.4, -0.2) is 0 Å². The van der Waals surface area contributed by atoms with Gasteiger partial charge in [-0.3, -0.25) is 0 Å². The van der Waals surface area contributed by atoms with Gasteiger partial charge in [-0.15, -0.1) is 0 Å². The van der Waals surface area contributed by atoms with Gasteiger partial charge < -0.3 is 14.2 Å². The fraction of sp³-hybridized carbons (Fsp3) is 0.0526. The van der Waals surface area contributed by atoms with Crippen LogP contribution in [0.1, 0.15) is 11.1 Å². The molecule has 0 aliphatic carbocycles. The Balaban J connectivity index is 1.05. The van der Waals surface area contributed by atoms with E-state index >= 15 is 0 Å². The Labute approximate surface area is 241 Å². The molecular weight excluding hydrogens is 504 g/mol. The van der Waals surface area contributed by atoms with Crippen LogP contribution in [-0.2, 0) is 0 Å². The summed E-state index contributed by atoms with van der Waals surface area (Å²) < 4.78 is 18.0. The number of aryl methyl sites for hydroxylation is 2. The smallest absolute Gasteiger partial charge is 0.127 e. The van der Waals surface area contributed by atoms with Gasteiger partial charge in [-0.2, -0.15) is 0 Å². The Morgan fingerprint density at radius 3 is 0.610 bits per heavy atom. The van der Waals surface area contributed by atoms with E-state index in [1.807, 2.05) is 97.1 Å². The third kappa shape index (κ3) is 6.66. The lowest BCUT2D eigenvalue weighted by Crippen LogP contribution is -1.87. The van der Waals surface area contributed by atoms with Gasteiger partial charge in [0, 0.05) is 0 Å². The van der Waals surface area contributed by atoms with E-state index < -0.39 is 0 Å². The summed E-state index contributed by atoms with van der Waals surface area (Å²) in [5, 5.41) is 0. The Hall–Kier alpha value is -5.28. The van der Waals surface area contributed by atoms with Crippen molar-refractivity contribution in [3.8, 4) is 56.8 Å². The Kier molecular flexibility index (Phi) is 7.51. The van der Waals surface area contributed by atoms with Gasteiger partial charge in [-0.1, -0.05) is 83.9 Å². The maximum atomic E-state index is 6.11. The molecule has 6 rings (SSSR count). The van der Waals surface area contributed by atoms with E-state index in [9.17, 15) is 0 Å². The molecule has 0 bridgehead atoms. The molecule has 3 nitrogen and oxygen atoms in total. The molecule has 0 atom stereocenters. The zero-order valence-corrected chi connectivity index (χ0v) is 23.1. The molecule has 0 amide bonds. The first-order valence-corrected chi connectivity index (χ1v) is 13.7. The number of hydrogen-bond donors (Lipinski definition) is 0. The second-order valence-corrected chi connectivity index (χ2v) is 10.0. The first-order chi connectivity index (χ1) is 20.1. The summed E-state index contributed by atoms with van der Waals surface area (Å²) in [6.07, 6.45) is 0. The highest BCUT2D eigenvalue weighted by Gasteiger charge is 2.05. The average Bonchev–Trinajstić information content (AvgIpc) is 3.01. The van der Waals surface area contributed by atoms with Gasteiger partial charge in [0.25, 0.3) is 0 Å². The monoisotopic (exact) mass is 534 g/mol. The summed E-state index contributed by atoms with van der Waals surface area (Å²) in [7, 11) is 0. The van der Waals surface area contributed by atoms with Gasteiger partial charge in [0.15, 0.2) is 0 Å². The second kappa shape index (κ2) is 11.8. The molecule has 0 aliphatic heterocycles. The molecule has 0 radical (unpaired) electrons. The molecule has 0 spiro atoms. The van der Waals surface area contributed by atoms with Crippen LogP contribution in [0.3, 0.4) is 0 Å². The van der Waals surface area contributed by atoms with E-state index in [0.29, 0.717) is 0 Å². The molecule has 0 unspecified atom stereocenters. The largest absolute Gasteiger partial charge is 0.457 e. The minimum atomic E-state index is 0.790. The highest BCUT2D eigenvalue weighted by atomic mass is 16.5. The molecule has 200 valence electrons. The summed E-state index contributed by atoms with van der Waals surface area (Å²) in [6.45, 7) is 4.13. The minimum Gasteiger partial charge on any atom is -0.457 e. The lowest BCUT2D eigenvalue weighted by molar-refractivity contribution is 0.482. The van der Waals surface area contributed by atoms with E-state index in [2.05, 4.69) is 62.4 Å². The number of hydrogen-bond acceptors (Lipinski definition) is 3. The van der Waals surface area contributed by atoms with Crippen LogP contribution in [0.25, 0.3) is 22.3 Å². The van der Waals surface area contributed by atoms with Crippen LogP contribution >= 0.6 is 0 Å². The van der Waals surface area contributed by atoms with Crippen LogP contribution in [0.15, 0.2) is 146 Å². The molecule has 41 heavy (non-hydrogen) atoms. The molecule has 6 aromatic rings. The van der Waals surface area contributed by atoms with Crippen LogP contribution in [0, 0.1) is 13.8 Å². The van der Waals surface area contributed by atoms with Crippen molar-refractivity contribution in [3.05, 3.63) is 157 Å². The van der Waals surface area contributed by atoms with Crippen LogP contribution in [0.5, 0.6) is 34.5 Å². The number of rotatable bonds is 8. The molecule has 0 aliphatic rings. The fourth-order valence-electron chi connectivity index (χ4n) is 4.48. The van der Waals surface area contributed by atoms with Crippen molar-refractivity contribution >= 4 is 0 Å². The third-order valence-corrected chi connectivity index (χ3v) is 6.83. The predicted molar refractivity (Wildman–Crippen MR) is 166 cm³/mol. The average molecular weight is 535 g/mol. The van der Waals surface area contributed by atoms with E-state index in [4.69, 9.17) is 14.2 Å². The van der Waals surface area contributed by atoms with Crippen LogP contribution in [0.2, 0.25) is 0 Å². The van der Waals surface area contributed by atoms with Gasteiger partial charge in [0.2, 0.25) is 0 Å². The fourth-order valence-corrected chi connectivity index (χ4v) is 4.48. The predicted octanol–water partition coefficient (Wildman–Crippen LogP) is 11.0. The quantitative estimate of drug-likeness (QED) is 0.194. The lowest BCUT2D eigenvalue weighted by Gasteiger charge is -2.10. The first-order valence-electron chi connectivity index (χ1n) is 13.7. The topological polar surface area (TPSA) is 27.7 Å². The molecule has 0 fully saturated rings. The summed E-state index contributed by atoms with van der Waals surface area (Å²) in [6, 6.07) is 48.6. The van der Waals surface area contributed by atoms with Crippen molar-refractivity contribution in [2.75, 3.05) is 0 Å².